The van der Waals surface area contributed by atoms with Crippen LogP contribution in [-0.2, 0) is 9.53 Å². The average Bonchev–Trinajstić information content (AvgIpc) is 3.20. The largest absolute Gasteiger partial charge is 0.381 e. The normalized spacial score (nSPS) is 36.9. The second-order valence-corrected chi connectivity index (χ2v) is 5.68. The number of rotatable bonds is 2. The van der Waals surface area contributed by atoms with Crippen LogP contribution in [-0.4, -0.2) is 54.1 Å². The molecule has 3 unspecified atom stereocenters. The molecule has 3 atom stereocenters. The fourth-order valence-corrected chi connectivity index (χ4v) is 3.29. The van der Waals surface area contributed by atoms with Crippen LogP contribution in [0.3, 0.4) is 0 Å². The van der Waals surface area contributed by atoms with E-state index < -0.39 is 0 Å². The Labute approximate surface area is 107 Å². The Kier molecular flexibility index (Phi) is 2.81. The van der Waals surface area contributed by atoms with Gasteiger partial charge in [-0.1, -0.05) is 0 Å². The number of amides is 3. The lowest BCUT2D eigenvalue weighted by molar-refractivity contribution is -0.142. The predicted molar refractivity (Wildman–Crippen MR) is 65.0 cm³/mol. The first-order valence-corrected chi connectivity index (χ1v) is 6.76. The molecule has 1 saturated heterocycles. The highest BCUT2D eigenvalue weighted by Crippen LogP contribution is 2.39. The summed E-state index contributed by atoms with van der Waals surface area (Å²) in [5.41, 5.74) is 0. The predicted octanol–water partition coefficient (Wildman–Crippen LogP) is 1.23. The van der Waals surface area contributed by atoms with Gasteiger partial charge in [0, 0.05) is 26.2 Å². The molecule has 0 radical (unpaired) electrons. The minimum Gasteiger partial charge on any atom is -0.381 e. The molecule has 1 heterocycles. The van der Waals surface area contributed by atoms with Gasteiger partial charge in [-0.3, -0.25) is 9.69 Å². The van der Waals surface area contributed by atoms with Crippen molar-refractivity contribution >= 4 is 11.9 Å². The molecule has 2 saturated carbocycles. The molecule has 3 rings (SSSR count). The van der Waals surface area contributed by atoms with Gasteiger partial charge < -0.3 is 9.64 Å². The van der Waals surface area contributed by atoms with E-state index in [9.17, 15) is 9.59 Å². The summed E-state index contributed by atoms with van der Waals surface area (Å²) >= 11 is 0. The molecule has 5 nitrogen and oxygen atoms in total. The average molecular weight is 252 g/mol. The summed E-state index contributed by atoms with van der Waals surface area (Å²) in [6.45, 7) is 0. The number of carbonyl (C=O) groups is 2. The van der Waals surface area contributed by atoms with Crippen LogP contribution in [0.25, 0.3) is 0 Å². The smallest absolute Gasteiger partial charge is 0.326 e. The fraction of sp³-hybridized carbons (Fsp3) is 0.846. The van der Waals surface area contributed by atoms with E-state index in [1.807, 2.05) is 7.05 Å². The first-order chi connectivity index (χ1) is 8.63. The number of carbonyl (C=O) groups excluding carboxylic acids is 2. The van der Waals surface area contributed by atoms with Crippen LogP contribution in [0.15, 0.2) is 0 Å². The van der Waals surface area contributed by atoms with Crippen molar-refractivity contribution in [2.75, 3.05) is 14.2 Å². The summed E-state index contributed by atoms with van der Waals surface area (Å²) < 4.78 is 5.38. The molecule has 0 bridgehead atoms. The van der Waals surface area contributed by atoms with Gasteiger partial charge in [-0.15, -0.1) is 0 Å². The summed E-state index contributed by atoms with van der Waals surface area (Å²) in [5.74, 6) is 0.0415. The quantitative estimate of drug-likeness (QED) is 0.742. The SMILES string of the molecule is COC1CCC2C(=O)N(C3CC3)C(=O)N(C)C2C1. The number of hydrogen-bond acceptors (Lipinski definition) is 3. The molecular formula is C13H20N2O3. The second kappa shape index (κ2) is 4.23. The molecule has 0 aromatic heterocycles. The lowest BCUT2D eigenvalue weighted by Crippen LogP contribution is -2.62. The molecule has 3 amide bonds. The van der Waals surface area contributed by atoms with Crippen molar-refractivity contribution in [1.29, 1.82) is 0 Å². The molecule has 5 heteroatoms. The first kappa shape index (κ1) is 12.0. The Morgan fingerprint density at radius 2 is 1.89 bits per heavy atom. The highest BCUT2D eigenvalue weighted by molar-refractivity contribution is 5.99. The summed E-state index contributed by atoms with van der Waals surface area (Å²) in [4.78, 5) is 28.0. The highest BCUT2D eigenvalue weighted by Gasteiger charge is 2.51. The molecule has 3 fully saturated rings. The van der Waals surface area contributed by atoms with Crippen molar-refractivity contribution in [3.8, 4) is 0 Å². The van der Waals surface area contributed by atoms with E-state index in [0.29, 0.717) is 0 Å². The van der Waals surface area contributed by atoms with E-state index in [1.54, 1.807) is 12.0 Å². The van der Waals surface area contributed by atoms with E-state index in [2.05, 4.69) is 0 Å². The van der Waals surface area contributed by atoms with E-state index in [0.717, 1.165) is 32.1 Å². The molecule has 0 spiro atoms. The number of methoxy groups -OCH3 is 1. The van der Waals surface area contributed by atoms with Crippen LogP contribution in [0.5, 0.6) is 0 Å². The third-order valence-corrected chi connectivity index (χ3v) is 4.57. The molecule has 3 aliphatic rings. The summed E-state index contributed by atoms with van der Waals surface area (Å²) in [6.07, 6.45) is 4.68. The molecule has 2 aliphatic carbocycles. The monoisotopic (exact) mass is 252 g/mol. The maximum absolute atomic E-state index is 12.4. The number of ether oxygens (including phenoxy) is 1. The summed E-state index contributed by atoms with van der Waals surface area (Å²) in [7, 11) is 3.52. The maximum Gasteiger partial charge on any atom is 0.326 e. The van der Waals surface area contributed by atoms with E-state index in [4.69, 9.17) is 4.74 Å². The zero-order valence-electron chi connectivity index (χ0n) is 11.0. The third-order valence-electron chi connectivity index (χ3n) is 4.57. The van der Waals surface area contributed by atoms with Crippen molar-refractivity contribution in [3.05, 3.63) is 0 Å². The van der Waals surface area contributed by atoms with Gasteiger partial charge in [0.05, 0.1) is 12.0 Å². The molecule has 0 N–H and O–H groups in total. The Hall–Kier alpha value is -1.10. The van der Waals surface area contributed by atoms with Gasteiger partial charge in [0.25, 0.3) is 0 Å². The molecule has 0 aromatic carbocycles. The zero-order valence-corrected chi connectivity index (χ0v) is 11.0. The number of fused-ring (bicyclic) bond motifs is 1. The van der Waals surface area contributed by atoms with Gasteiger partial charge in [0.1, 0.15) is 0 Å². The second-order valence-electron chi connectivity index (χ2n) is 5.68. The lowest BCUT2D eigenvalue weighted by atomic mass is 9.80. The van der Waals surface area contributed by atoms with Gasteiger partial charge in [-0.2, -0.15) is 0 Å². The number of hydrogen-bond donors (Lipinski definition) is 0. The fourth-order valence-electron chi connectivity index (χ4n) is 3.29. The molecule has 100 valence electrons. The molecule has 1 aliphatic heterocycles. The Bertz CT molecular complexity index is 380. The summed E-state index contributed by atoms with van der Waals surface area (Å²) in [5, 5.41) is 0. The van der Waals surface area contributed by atoms with Crippen LogP contribution in [0.1, 0.15) is 32.1 Å². The van der Waals surface area contributed by atoms with Crippen molar-refractivity contribution < 1.29 is 14.3 Å². The van der Waals surface area contributed by atoms with Crippen LogP contribution in [0, 0.1) is 5.92 Å². The number of nitrogens with zero attached hydrogens (tertiary/aromatic N) is 2. The zero-order chi connectivity index (χ0) is 12.9. The molecular weight excluding hydrogens is 232 g/mol. The topological polar surface area (TPSA) is 49.9 Å². The first-order valence-electron chi connectivity index (χ1n) is 6.76. The Morgan fingerprint density at radius 1 is 1.17 bits per heavy atom. The number of urea groups is 1. The van der Waals surface area contributed by atoms with Gasteiger partial charge in [-0.05, 0) is 32.1 Å². The van der Waals surface area contributed by atoms with Crippen LogP contribution in [0.4, 0.5) is 4.79 Å². The van der Waals surface area contributed by atoms with Crippen LogP contribution >= 0.6 is 0 Å². The van der Waals surface area contributed by atoms with Crippen molar-refractivity contribution in [2.24, 2.45) is 5.92 Å². The Balaban J connectivity index is 1.82. The Morgan fingerprint density at radius 3 is 2.50 bits per heavy atom. The summed E-state index contributed by atoms with van der Waals surface area (Å²) in [6, 6.07) is 0.0905. The van der Waals surface area contributed by atoms with Crippen molar-refractivity contribution in [3.63, 3.8) is 0 Å². The highest BCUT2D eigenvalue weighted by atomic mass is 16.5. The number of imide groups is 1. The van der Waals surface area contributed by atoms with E-state index >= 15 is 0 Å². The van der Waals surface area contributed by atoms with Crippen LogP contribution in [0.2, 0.25) is 0 Å². The lowest BCUT2D eigenvalue weighted by Gasteiger charge is -2.46. The van der Waals surface area contributed by atoms with Gasteiger partial charge in [-0.25, -0.2) is 4.79 Å². The standard InChI is InChI=1S/C13H20N2O3/c1-14-11-7-9(18-2)5-6-10(11)12(16)15(13(14)17)8-3-4-8/h8-11H,3-7H2,1-2H3. The third kappa shape index (κ3) is 1.72. The van der Waals surface area contributed by atoms with Gasteiger partial charge >= 0.3 is 6.03 Å². The van der Waals surface area contributed by atoms with Crippen molar-refractivity contribution in [2.45, 2.75) is 50.3 Å². The van der Waals surface area contributed by atoms with E-state index in [1.165, 1.54) is 4.90 Å². The minimum absolute atomic E-state index is 0.0142. The van der Waals surface area contributed by atoms with Crippen molar-refractivity contribution in [1.82, 2.24) is 9.80 Å². The van der Waals surface area contributed by atoms with Crippen LogP contribution < -0.4 is 0 Å². The molecule has 0 aromatic rings. The van der Waals surface area contributed by atoms with E-state index in [-0.39, 0.29) is 36.0 Å². The van der Waals surface area contributed by atoms with Gasteiger partial charge in [0.2, 0.25) is 5.91 Å². The minimum atomic E-state index is -0.111. The van der Waals surface area contributed by atoms with Gasteiger partial charge in [0.15, 0.2) is 0 Å². The molecule has 18 heavy (non-hydrogen) atoms. The maximum atomic E-state index is 12.4.